The number of fused-ring (bicyclic) bond motifs is 3. The van der Waals surface area contributed by atoms with E-state index in [0.717, 1.165) is 55.6 Å². The third-order valence-corrected chi connectivity index (χ3v) is 9.35. The summed E-state index contributed by atoms with van der Waals surface area (Å²) in [5.41, 5.74) is 11.1. The van der Waals surface area contributed by atoms with Gasteiger partial charge < -0.3 is 9.47 Å². The summed E-state index contributed by atoms with van der Waals surface area (Å²) in [6, 6.07) is 34.7. The smallest absolute Gasteiger partial charge is 0.308 e. The second kappa shape index (κ2) is 13.1. The van der Waals surface area contributed by atoms with E-state index in [2.05, 4.69) is 121 Å². The van der Waals surface area contributed by atoms with E-state index in [0.29, 0.717) is 12.8 Å². The van der Waals surface area contributed by atoms with Crippen molar-refractivity contribution in [3.05, 3.63) is 131 Å². The molecule has 5 aromatic carbocycles. The molecule has 0 bridgehead atoms. The molecule has 0 N–H and O–H groups in total. The molecule has 0 aromatic heterocycles. The summed E-state index contributed by atoms with van der Waals surface area (Å²) in [4.78, 5) is 24.7. The van der Waals surface area contributed by atoms with Crippen molar-refractivity contribution in [3.8, 4) is 33.4 Å². The Hall–Kier alpha value is -5.22. The third-order valence-electron chi connectivity index (χ3n) is 9.35. The summed E-state index contributed by atoms with van der Waals surface area (Å²) in [5, 5.41) is 2.35. The van der Waals surface area contributed by atoms with Gasteiger partial charge in [-0.2, -0.15) is 0 Å². The number of carbonyl (C=O) groups excluding carboxylic acids is 2. The van der Waals surface area contributed by atoms with E-state index in [1.807, 2.05) is 27.7 Å². The quantitative estimate of drug-likeness (QED) is 0.168. The van der Waals surface area contributed by atoms with Crippen molar-refractivity contribution < 1.29 is 19.1 Å². The van der Waals surface area contributed by atoms with Crippen LogP contribution in [-0.2, 0) is 19.1 Å². The molecule has 2 aliphatic rings. The summed E-state index contributed by atoms with van der Waals surface area (Å²) in [6.07, 6.45) is 9.25. The van der Waals surface area contributed by atoms with Crippen molar-refractivity contribution in [2.45, 2.75) is 52.7 Å². The monoisotopic (exact) mass is 632 g/mol. The average Bonchev–Trinajstić information content (AvgIpc) is 3.11. The molecule has 5 aromatic rings. The van der Waals surface area contributed by atoms with E-state index in [-0.39, 0.29) is 36.0 Å². The van der Waals surface area contributed by atoms with Crippen LogP contribution in [-0.4, -0.2) is 11.9 Å². The maximum absolute atomic E-state index is 12.4. The third kappa shape index (κ3) is 6.35. The van der Waals surface area contributed by atoms with Crippen LogP contribution in [0.15, 0.2) is 109 Å². The van der Waals surface area contributed by atoms with Crippen LogP contribution >= 0.6 is 0 Å². The first-order valence-corrected chi connectivity index (χ1v) is 16.9. The summed E-state index contributed by atoms with van der Waals surface area (Å²) in [6.45, 7) is 7.47. The number of ether oxygens (including phenoxy) is 2. The lowest BCUT2D eigenvalue weighted by atomic mass is 9.90. The van der Waals surface area contributed by atoms with Gasteiger partial charge in [0.05, 0.1) is 11.8 Å². The maximum atomic E-state index is 12.4. The molecule has 0 radical (unpaired) electrons. The van der Waals surface area contributed by atoms with E-state index in [9.17, 15) is 9.59 Å². The zero-order valence-corrected chi connectivity index (χ0v) is 27.9. The standard InChI is InChI=1S/C44H40O4/c1-27(2)43(45)47-41-9-5-7-31-15-17-37(25-39(31)41)30-13-11-29(12-14-30)33-19-20-35-24-36(22-21-34(35)23-33)38-18-16-32-8-6-10-42(40(32)26-38)48-44(46)28(3)4/h5-8,11-28,41-42H,9-10H2,1-4H3. The van der Waals surface area contributed by atoms with Gasteiger partial charge in [-0.1, -0.05) is 125 Å². The van der Waals surface area contributed by atoms with Gasteiger partial charge in [-0.25, -0.2) is 0 Å². The van der Waals surface area contributed by atoms with Crippen molar-refractivity contribution in [2.75, 3.05) is 0 Å². The van der Waals surface area contributed by atoms with Crippen molar-refractivity contribution >= 4 is 34.9 Å². The largest absolute Gasteiger partial charge is 0.457 e. The van der Waals surface area contributed by atoms with Crippen LogP contribution in [0.25, 0.3) is 56.3 Å². The number of hydrogen-bond donors (Lipinski definition) is 0. The number of hydrogen-bond acceptors (Lipinski definition) is 4. The van der Waals surface area contributed by atoms with Gasteiger partial charge in [0, 0.05) is 24.0 Å². The van der Waals surface area contributed by atoms with Crippen LogP contribution in [0.3, 0.4) is 0 Å². The Morgan fingerprint density at radius 1 is 0.500 bits per heavy atom. The Morgan fingerprint density at radius 3 is 1.29 bits per heavy atom. The van der Waals surface area contributed by atoms with Crippen molar-refractivity contribution in [3.63, 3.8) is 0 Å². The second-order valence-corrected chi connectivity index (χ2v) is 13.5. The fraction of sp³-hybridized carbons (Fsp3) is 0.227. The van der Waals surface area contributed by atoms with E-state index in [1.165, 1.54) is 10.8 Å². The first kappa shape index (κ1) is 31.4. The van der Waals surface area contributed by atoms with Crippen LogP contribution in [0.5, 0.6) is 0 Å². The zero-order valence-electron chi connectivity index (χ0n) is 27.9. The Kier molecular flexibility index (Phi) is 8.58. The molecule has 2 aliphatic carbocycles. The van der Waals surface area contributed by atoms with Gasteiger partial charge >= 0.3 is 11.9 Å². The summed E-state index contributed by atoms with van der Waals surface area (Å²) < 4.78 is 11.7. The van der Waals surface area contributed by atoms with Crippen LogP contribution < -0.4 is 0 Å². The van der Waals surface area contributed by atoms with Gasteiger partial charge in [0.1, 0.15) is 12.2 Å². The minimum atomic E-state index is -0.259. The van der Waals surface area contributed by atoms with Gasteiger partial charge in [-0.3, -0.25) is 9.59 Å². The molecule has 0 aliphatic heterocycles. The molecular formula is C44H40O4. The molecule has 0 saturated heterocycles. The summed E-state index contributed by atoms with van der Waals surface area (Å²) in [7, 11) is 0. The highest BCUT2D eigenvalue weighted by Gasteiger charge is 2.24. The average molecular weight is 633 g/mol. The molecule has 48 heavy (non-hydrogen) atoms. The van der Waals surface area contributed by atoms with E-state index in [4.69, 9.17) is 9.47 Å². The molecule has 0 saturated carbocycles. The maximum Gasteiger partial charge on any atom is 0.308 e. The molecule has 2 unspecified atom stereocenters. The van der Waals surface area contributed by atoms with Crippen LogP contribution in [0, 0.1) is 11.8 Å². The minimum absolute atomic E-state index is 0.156. The Labute approximate surface area is 282 Å². The summed E-state index contributed by atoms with van der Waals surface area (Å²) >= 11 is 0. The highest BCUT2D eigenvalue weighted by molar-refractivity contribution is 5.91. The van der Waals surface area contributed by atoms with Gasteiger partial charge in [0.25, 0.3) is 0 Å². The van der Waals surface area contributed by atoms with E-state index in [1.54, 1.807) is 0 Å². The predicted molar refractivity (Wildman–Crippen MR) is 195 cm³/mol. The number of rotatable bonds is 7. The molecule has 0 amide bonds. The molecule has 4 nitrogen and oxygen atoms in total. The van der Waals surface area contributed by atoms with Gasteiger partial charge in [-0.05, 0) is 79.5 Å². The fourth-order valence-electron chi connectivity index (χ4n) is 6.50. The molecule has 240 valence electrons. The molecule has 0 fully saturated rings. The van der Waals surface area contributed by atoms with Gasteiger partial charge in [-0.15, -0.1) is 0 Å². The summed E-state index contributed by atoms with van der Waals surface area (Å²) in [5.74, 6) is -0.650. The lowest BCUT2D eigenvalue weighted by molar-refractivity contribution is -0.154. The number of benzene rings is 5. The van der Waals surface area contributed by atoms with Crippen LogP contribution in [0.1, 0.15) is 75.0 Å². The zero-order chi connectivity index (χ0) is 33.4. The van der Waals surface area contributed by atoms with Crippen LogP contribution in [0.2, 0.25) is 0 Å². The molecule has 0 spiro atoms. The Bertz CT molecular complexity index is 2080. The molecule has 7 rings (SSSR count). The normalized spacial score (nSPS) is 16.5. The second-order valence-electron chi connectivity index (χ2n) is 13.5. The fourth-order valence-corrected chi connectivity index (χ4v) is 6.50. The van der Waals surface area contributed by atoms with Crippen molar-refractivity contribution in [1.82, 2.24) is 0 Å². The SMILES string of the molecule is CC(C)C(=O)OC1CC=Cc2ccc(-c3ccc(-c4ccc5cc(-c6ccc7c(c6)C(OC(=O)C(C)C)CC=C7)ccc5c4)cc3)cc21. The number of esters is 2. The molecule has 0 heterocycles. The first-order valence-electron chi connectivity index (χ1n) is 16.9. The highest BCUT2D eigenvalue weighted by Crippen LogP contribution is 2.37. The molecular weight excluding hydrogens is 592 g/mol. The van der Waals surface area contributed by atoms with Crippen molar-refractivity contribution in [1.29, 1.82) is 0 Å². The van der Waals surface area contributed by atoms with Crippen LogP contribution in [0.4, 0.5) is 0 Å². The molecule has 2 atom stereocenters. The highest BCUT2D eigenvalue weighted by atomic mass is 16.5. The Morgan fingerprint density at radius 2 is 0.854 bits per heavy atom. The minimum Gasteiger partial charge on any atom is -0.457 e. The van der Waals surface area contributed by atoms with E-state index < -0.39 is 0 Å². The lowest BCUT2D eigenvalue weighted by Crippen LogP contribution is -2.17. The Balaban J connectivity index is 1.11. The molecule has 4 heteroatoms. The number of carbonyl (C=O) groups is 2. The topological polar surface area (TPSA) is 52.6 Å². The lowest BCUT2D eigenvalue weighted by Gasteiger charge is -2.24. The van der Waals surface area contributed by atoms with Gasteiger partial charge in [0.15, 0.2) is 0 Å². The van der Waals surface area contributed by atoms with E-state index >= 15 is 0 Å². The predicted octanol–water partition coefficient (Wildman–Crippen LogP) is 11.2. The van der Waals surface area contributed by atoms with Crippen molar-refractivity contribution in [2.24, 2.45) is 11.8 Å². The van der Waals surface area contributed by atoms with Gasteiger partial charge in [0.2, 0.25) is 0 Å². The first-order chi connectivity index (χ1) is 23.2.